The maximum atomic E-state index is 10.8. The number of aromatic amines is 1. The fourth-order valence-corrected chi connectivity index (χ4v) is 1.96. The van der Waals surface area contributed by atoms with E-state index in [1.807, 2.05) is 42.7 Å². The molecule has 0 aliphatic rings. The Morgan fingerprint density at radius 1 is 0.933 bits per heavy atom. The lowest BCUT2D eigenvalue weighted by molar-refractivity contribution is 0.563. The molecule has 0 amide bonds. The zero-order valence-electron chi connectivity index (χ0n) is 7.95. The smallest absolute Gasteiger partial charge is 0.235 e. The van der Waals surface area contributed by atoms with E-state index < -0.39 is 0 Å². The van der Waals surface area contributed by atoms with Crippen LogP contribution in [0.3, 0.4) is 0 Å². The Bertz CT molecular complexity index is 652. The van der Waals surface area contributed by atoms with Crippen LogP contribution >= 0.6 is 0 Å². The number of hydrogen-bond acceptors (Lipinski definition) is 1. The van der Waals surface area contributed by atoms with Crippen LogP contribution < -0.4 is 0 Å². The predicted molar refractivity (Wildman–Crippen MR) is 60.6 cm³/mol. The molecule has 2 heteroatoms. The van der Waals surface area contributed by atoms with Crippen molar-refractivity contribution < 1.29 is 4.79 Å². The first-order chi connectivity index (χ1) is 7.40. The third kappa shape index (κ3) is 1.08. The molecule has 0 aliphatic heterocycles. The third-order valence-electron chi connectivity index (χ3n) is 2.65. The van der Waals surface area contributed by atoms with Gasteiger partial charge >= 0.3 is 0 Å². The van der Waals surface area contributed by atoms with Gasteiger partial charge in [-0.25, -0.2) is 0 Å². The van der Waals surface area contributed by atoms with Crippen molar-refractivity contribution >= 4 is 28.1 Å². The molecular formula is C13H8NO. The normalized spacial score (nSPS) is 10.9. The minimum absolute atomic E-state index is 0.587. The Morgan fingerprint density at radius 2 is 1.73 bits per heavy atom. The minimum Gasteiger partial charge on any atom is -0.354 e. The van der Waals surface area contributed by atoms with E-state index in [1.54, 1.807) is 6.07 Å². The molecule has 0 atom stereocenters. The largest absolute Gasteiger partial charge is 0.354 e. The fourth-order valence-electron chi connectivity index (χ4n) is 1.96. The molecule has 1 heterocycles. The quantitative estimate of drug-likeness (QED) is 0.634. The first-order valence-electron chi connectivity index (χ1n) is 4.78. The van der Waals surface area contributed by atoms with Gasteiger partial charge in [-0.05, 0) is 12.1 Å². The van der Waals surface area contributed by atoms with Crippen molar-refractivity contribution in [1.82, 2.24) is 4.98 Å². The van der Waals surface area contributed by atoms with E-state index in [0.29, 0.717) is 5.56 Å². The first-order valence-corrected chi connectivity index (χ1v) is 4.78. The highest BCUT2D eigenvalue weighted by Gasteiger charge is 2.06. The van der Waals surface area contributed by atoms with E-state index in [1.165, 1.54) is 0 Å². The van der Waals surface area contributed by atoms with Gasteiger partial charge in [0.25, 0.3) is 0 Å². The van der Waals surface area contributed by atoms with Crippen LogP contribution in [0, 0.1) is 0 Å². The number of rotatable bonds is 1. The number of carbonyl (C=O) groups excluding carboxylic acids is 1. The number of hydrogen-bond donors (Lipinski definition) is 1. The molecule has 0 spiro atoms. The summed E-state index contributed by atoms with van der Waals surface area (Å²) in [6.45, 7) is 0. The Hall–Kier alpha value is -2.09. The Kier molecular flexibility index (Phi) is 1.62. The fraction of sp³-hybridized carbons (Fsp3) is 0. The van der Waals surface area contributed by atoms with Gasteiger partial charge in [-0.15, -0.1) is 0 Å². The summed E-state index contributed by atoms with van der Waals surface area (Å²) in [5, 5.41) is 2.22. The van der Waals surface area contributed by atoms with Gasteiger partial charge in [0, 0.05) is 16.3 Å². The number of nitrogens with one attached hydrogen (secondary N) is 1. The van der Waals surface area contributed by atoms with E-state index in [4.69, 9.17) is 0 Å². The van der Waals surface area contributed by atoms with Gasteiger partial charge in [-0.3, -0.25) is 4.79 Å². The molecular weight excluding hydrogens is 186 g/mol. The molecule has 0 aliphatic carbocycles. The second-order valence-electron chi connectivity index (χ2n) is 3.50. The monoisotopic (exact) mass is 194 g/mol. The summed E-state index contributed by atoms with van der Waals surface area (Å²) >= 11 is 0. The maximum absolute atomic E-state index is 10.8. The summed E-state index contributed by atoms with van der Waals surface area (Å²) in [7, 11) is 0. The zero-order chi connectivity index (χ0) is 10.3. The van der Waals surface area contributed by atoms with Gasteiger partial charge in [-0.2, -0.15) is 0 Å². The van der Waals surface area contributed by atoms with Crippen LogP contribution in [-0.4, -0.2) is 11.3 Å². The molecule has 2 aromatic carbocycles. The molecule has 0 bridgehead atoms. The van der Waals surface area contributed by atoms with Crippen molar-refractivity contribution in [3.05, 3.63) is 48.0 Å². The molecule has 3 aromatic rings. The first kappa shape index (κ1) is 8.24. The van der Waals surface area contributed by atoms with Crippen LogP contribution in [0.2, 0.25) is 0 Å². The molecule has 1 radical (unpaired) electrons. The van der Waals surface area contributed by atoms with E-state index in [2.05, 4.69) is 4.98 Å². The Morgan fingerprint density at radius 3 is 2.60 bits per heavy atom. The van der Waals surface area contributed by atoms with Crippen LogP contribution in [0.5, 0.6) is 0 Å². The second kappa shape index (κ2) is 2.95. The maximum Gasteiger partial charge on any atom is 0.235 e. The summed E-state index contributed by atoms with van der Waals surface area (Å²) in [6.07, 6.45) is 1.95. The van der Waals surface area contributed by atoms with Crippen LogP contribution in [0.15, 0.2) is 42.5 Å². The molecule has 1 aromatic heterocycles. The highest BCUT2D eigenvalue weighted by molar-refractivity contribution is 6.11. The molecule has 3 rings (SSSR count). The number of para-hydroxylation sites is 2. The van der Waals surface area contributed by atoms with Gasteiger partial charge in [0.2, 0.25) is 6.29 Å². The molecule has 0 saturated heterocycles. The average Bonchev–Trinajstić information content (AvgIpc) is 2.67. The number of H-pyrrole nitrogens is 1. The minimum atomic E-state index is 0.587. The summed E-state index contributed by atoms with van der Waals surface area (Å²) < 4.78 is 0. The van der Waals surface area contributed by atoms with Gasteiger partial charge in [0.15, 0.2) is 0 Å². The lowest BCUT2D eigenvalue weighted by Crippen LogP contribution is -1.81. The number of fused-ring (bicyclic) bond motifs is 3. The van der Waals surface area contributed by atoms with Gasteiger partial charge in [0.05, 0.1) is 11.1 Å². The van der Waals surface area contributed by atoms with Crippen LogP contribution in [0.1, 0.15) is 5.56 Å². The average molecular weight is 194 g/mol. The Balaban J connectivity index is 2.59. The zero-order valence-corrected chi connectivity index (χ0v) is 7.95. The van der Waals surface area contributed by atoms with Crippen molar-refractivity contribution in [1.29, 1.82) is 0 Å². The molecule has 0 saturated carbocycles. The van der Waals surface area contributed by atoms with Crippen LogP contribution in [0.4, 0.5) is 0 Å². The van der Waals surface area contributed by atoms with E-state index in [-0.39, 0.29) is 0 Å². The van der Waals surface area contributed by atoms with Gasteiger partial charge < -0.3 is 4.98 Å². The van der Waals surface area contributed by atoms with Gasteiger partial charge in [-0.1, -0.05) is 30.3 Å². The molecule has 2 nitrogen and oxygen atoms in total. The molecule has 71 valence electrons. The summed E-state index contributed by atoms with van der Waals surface area (Å²) in [5.41, 5.74) is 2.51. The number of benzene rings is 2. The summed E-state index contributed by atoms with van der Waals surface area (Å²) in [6, 6.07) is 13.7. The molecule has 0 unspecified atom stereocenters. The highest BCUT2D eigenvalue weighted by atomic mass is 16.1. The van der Waals surface area contributed by atoms with E-state index in [0.717, 1.165) is 21.8 Å². The van der Waals surface area contributed by atoms with Crippen LogP contribution in [-0.2, 0) is 4.79 Å². The van der Waals surface area contributed by atoms with E-state index >= 15 is 0 Å². The molecule has 15 heavy (non-hydrogen) atoms. The van der Waals surface area contributed by atoms with Crippen molar-refractivity contribution in [2.24, 2.45) is 0 Å². The lowest BCUT2D eigenvalue weighted by atomic mass is 10.1. The molecule has 0 fully saturated rings. The second-order valence-corrected chi connectivity index (χ2v) is 3.50. The predicted octanol–water partition coefficient (Wildman–Crippen LogP) is 2.78. The van der Waals surface area contributed by atoms with Gasteiger partial charge in [0.1, 0.15) is 0 Å². The molecule has 1 N–H and O–H groups in total. The van der Waals surface area contributed by atoms with Crippen LogP contribution in [0.25, 0.3) is 21.8 Å². The Labute approximate surface area is 86.5 Å². The standard InChI is InChI=1S/C13H8NO/c15-8-9-4-3-6-11-10-5-1-2-7-12(10)14-13(9)11/h1-7,14H. The topological polar surface area (TPSA) is 32.9 Å². The van der Waals surface area contributed by atoms with E-state index in [9.17, 15) is 4.79 Å². The summed E-state index contributed by atoms with van der Waals surface area (Å²) in [4.78, 5) is 14.0. The van der Waals surface area contributed by atoms with Crippen molar-refractivity contribution in [3.8, 4) is 0 Å². The van der Waals surface area contributed by atoms with Crippen molar-refractivity contribution in [3.63, 3.8) is 0 Å². The lowest BCUT2D eigenvalue weighted by Gasteiger charge is -1.92. The number of aromatic nitrogens is 1. The summed E-state index contributed by atoms with van der Waals surface area (Å²) in [5.74, 6) is 0. The van der Waals surface area contributed by atoms with Crippen molar-refractivity contribution in [2.75, 3.05) is 0 Å². The van der Waals surface area contributed by atoms with Crippen molar-refractivity contribution in [2.45, 2.75) is 0 Å². The highest BCUT2D eigenvalue weighted by Crippen LogP contribution is 2.26. The third-order valence-corrected chi connectivity index (χ3v) is 2.65. The SMILES string of the molecule is O=[C]c1cccc2c1[nH]c1ccccc12.